The van der Waals surface area contributed by atoms with Gasteiger partial charge in [-0.1, -0.05) is 0 Å². The molecule has 0 fully saturated rings. The number of carbonyl (C=O) groups excluding carboxylic acids is 2. The molecule has 0 aliphatic carbocycles. The van der Waals surface area contributed by atoms with Crippen molar-refractivity contribution >= 4 is 12.2 Å². The summed E-state index contributed by atoms with van der Waals surface area (Å²) in [4.78, 5) is 21.8. The van der Waals surface area contributed by atoms with Gasteiger partial charge in [0.05, 0.1) is 52.5 Å². The van der Waals surface area contributed by atoms with Crippen LogP contribution < -0.4 is 22.1 Å². The van der Waals surface area contributed by atoms with Gasteiger partial charge < -0.3 is 45.8 Å². The Balaban J connectivity index is 3.30. The first kappa shape index (κ1) is 22.3. The second kappa shape index (κ2) is 16.2. The molecular formula is C13H28N4O7. The van der Waals surface area contributed by atoms with E-state index in [0.29, 0.717) is 19.8 Å². The first-order chi connectivity index (χ1) is 11.6. The van der Waals surface area contributed by atoms with Crippen molar-refractivity contribution < 1.29 is 33.3 Å². The molecule has 0 aliphatic heterocycles. The molecule has 11 heteroatoms. The lowest BCUT2D eigenvalue weighted by molar-refractivity contribution is -0.0352. The van der Waals surface area contributed by atoms with E-state index >= 15 is 0 Å². The average molecular weight is 352 g/mol. The van der Waals surface area contributed by atoms with Crippen LogP contribution >= 0.6 is 0 Å². The Bertz CT molecular complexity index is 333. The second-order valence-corrected chi connectivity index (χ2v) is 4.40. The second-order valence-electron chi connectivity index (χ2n) is 4.40. The van der Waals surface area contributed by atoms with Crippen LogP contribution in [0.5, 0.6) is 0 Å². The fourth-order valence-electron chi connectivity index (χ4n) is 1.36. The van der Waals surface area contributed by atoms with E-state index in [4.69, 9.17) is 35.2 Å². The molecule has 0 aliphatic rings. The summed E-state index contributed by atoms with van der Waals surface area (Å²) in [5.41, 5.74) is 10.2. The normalized spacial score (nSPS) is 11.6. The van der Waals surface area contributed by atoms with Crippen LogP contribution in [0, 0.1) is 0 Å². The molecule has 0 bridgehead atoms. The maximum Gasteiger partial charge on any atom is 0.408 e. The highest BCUT2D eigenvalue weighted by Crippen LogP contribution is 1.93. The Morgan fingerprint density at radius 3 is 1.92 bits per heavy atom. The molecule has 11 nitrogen and oxygen atoms in total. The summed E-state index contributed by atoms with van der Waals surface area (Å²) in [6, 6.07) is 0. The van der Waals surface area contributed by atoms with Crippen molar-refractivity contribution in [2.75, 3.05) is 59.6 Å². The van der Waals surface area contributed by atoms with Gasteiger partial charge in [-0.15, -0.1) is 0 Å². The number of hydrogen-bond acceptors (Lipinski definition) is 9. The summed E-state index contributed by atoms with van der Waals surface area (Å²) >= 11 is 0. The van der Waals surface area contributed by atoms with Gasteiger partial charge >= 0.3 is 12.2 Å². The molecule has 0 radical (unpaired) electrons. The molecule has 6 N–H and O–H groups in total. The molecule has 142 valence electrons. The van der Waals surface area contributed by atoms with Crippen LogP contribution in [0.15, 0.2) is 0 Å². The zero-order valence-corrected chi connectivity index (χ0v) is 14.0. The lowest BCUT2D eigenvalue weighted by Gasteiger charge is -2.13. The van der Waals surface area contributed by atoms with E-state index in [0.717, 1.165) is 0 Å². The monoisotopic (exact) mass is 352 g/mol. The van der Waals surface area contributed by atoms with Crippen LogP contribution in [0.2, 0.25) is 0 Å². The van der Waals surface area contributed by atoms with Crippen molar-refractivity contribution in [1.82, 2.24) is 10.6 Å². The Morgan fingerprint density at radius 1 is 0.833 bits per heavy atom. The smallest absolute Gasteiger partial charge is 0.408 e. The standard InChI is InChI=1S/C13H28N4O7/c1-11(22-6-7-24-13(19)17-10-15)8-21-3-2-20-4-5-23-12(18)16-9-14/h11H,2-10,14-15H2,1H3,(H,16,18)(H,17,19). The number of hydrogen-bond donors (Lipinski definition) is 4. The molecule has 0 aromatic carbocycles. The van der Waals surface area contributed by atoms with Crippen LogP contribution in [0.1, 0.15) is 6.92 Å². The van der Waals surface area contributed by atoms with Crippen molar-refractivity contribution in [2.24, 2.45) is 11.5 Å². The number of carbonyl (C=O) groups is 2. The quantitative estimate of drug-likeness (QED) is 0.220. The van der Waals surface area contributed by atoms with E-state index < -0.39 is 12.2 Å². The molecule has 0 heterocycles. The van der Waals surface area contributed by atoms with Gasteiger partial charge in [-0.3, -0.25) is 0 Å². The highest BCUT2D eigenvalue weighted by atomic mass is 16.6. The highest BCUT2D eigenvalue weighted by Gasteiger charge is 2.04. The van der Waals surface area contributed by atoms with Gasteiger partial charge in [0.1, 0.15) is 13.2 Å². The minimum atomic E-state index is -0.577. The van der Waals surface area contributed by atoms with Gasteiger partial charge in [-0.25, -0.2) is 9.59 Å². The molecule has 0 rings (SSSR count). The molecular weight excluding hydrogens is 324 g/mol. The van der Waals surface area contributed by atoms with Gasteiger partial charge in [0.2, 0.25) is 0 Å². The summed E-state index contributed by atoms with van der Waals surface area (Å²) in [6.45, 7) is 3.85. The zero-order valence-electron chi connectivity index (χ0n) is 14.0. The number of nitrogens with two attached hydrogens (primary N) is 2. The van der Waals surface area contributed by atoms with Gasteiger partial charge in [0.15, 0.2) is 0 Å². The van der Waals surface area contributed by atoms with Crippen molar-refractivity contribution in [3.05, 3.63) is 0 Å². The third kappa shape index (κ3) is 15.2. The summed E-state index contributed by atoms with van der Waals surface area (Å²) in [5, 5.41) is 4.58. The molecule has 1 unspecified atom stereocenters. The van der Waals surface area contributed by atoms with Crippen molar-refractivity contribution in [2.45, 2.75) is 13.0 Å². The molecule has 0 aromatic rings. The summed E-state index contributed by atoms with van der Waals surface area (Å²) in [6.07, 6.45) is -1.30. The van der Waals surface area contributed by atoms with Crippen molar-refractivity contribution in [1.29, 1.82) is 0 Å². The Morgan fingerprint density at radius 2 is 1.33 bits per heavy atom. The van der Waals surface area contributed by atoms with Crippen LogP contribution in [0.25, 0.3) is 0 Å². The minimum Gasteiger partial charge on any atom is -0.447 e. The average Bonchev–Trinajstić information content (AvgIpc) is 2.54. The third-order valence-corrected chi connectivity index (χ3v) is 2.40. The van der Waals surface area contributed by atoms with Gasteiger partial charge in [0, 0.05) is 0 Å². The third-order valence-electron chi connectivity index (χ3n) is 2.40. The van der Waals surface area contributed by atoms with Crippen LogP contribution in [0.3, 0.4) is 0 Å². The number of amides is 2. The van der Waals surface area contributed by atoms with E-state index in [9.17, 15) is 9.59 Å². The van der Waals surface area contributed by atoms with E-state index in [1.165, 1.54) is 0 Å². The highest BCUT2D eigenvalue weighted by molar-refractivity contribution is 5.67. The fraction of sp³-hybridized carbons (Fsp3) is 0.846. The number of rotatable bonds is 14. The maximum atomic E-state index is 10.9. The lowest BCUT2D eigenvalue weighted by atomic mass is 10.4. The maximum absolute atomic E-state index is 10.9. The van der Waals surface area contributed by atoms with E-state index in [1.807, 2.05) is 6.92 Å². The number of nitrogens with one attached hydrogen (secondary N) is 2. The zero-order chi connectivity index (χ0) is 18.0. The molecule has 1 atom stereocenters. The molecule has 0 aromatic heterocycles. The molecule has 0 saturated heterocycles. The van der Waals surface area contributed by atoms with Crippen LogP contribution in [-0.4, -0.2) is 77.9 Å². The topological polar surface area (TPSA) is 156 Å². The molecule has 2 amide bonds. The number of alkyl carbamates (subject to hydrolysis) is 2. The van der Waals surface area contributed by atoms with E-state index in [-0.39, 0.29) is 45.9 Å². The predicted octanol–water partition coefficient (Wildman–Crippen LogP) is -1.29. The van der Waals surface area contributed by atoms with E-state index in [1.54, 1.807) is 0 Å². The van der Waals surface area contributed by atoms with E-state index in [2.05, 4.69) is 10.6 Å². The SMILES string of the molecule is CC(COCCOCCOC(=O)NCN)OCCOC(=O)NCN. The molecule has 0 spiro atoms. The molecule has 24 heavy (non-hydrogen) atoms. The number of ether oxygens (including phenoxy) is 5. The Hall–Kier alpha value is -1.66. The Labute approximate surface area is 141 Å². The first-order valence-corrected chi connectivity index (χ1v) is 7.58. The minimum absolute atomic E-state index is 0.0268. The lowest BCUT2D eigenvalue weighted by Crippen LogP contribution is -2.31. The van der Waals surface area contributed by atoms with Crippen molar-refractivity contribution in [3.8, 4) is 0 Å². The van der Waals surface area contributed by atoms with Crippen LogP contribution in [-0.2, 0) is 23.7 Å². The van der Waals surface area contributed by atoms with Crippen LogP contribution in [0.4, 0.5) is 9.59 Å². The van der Waals surface area contributed by atoms with Gasteiger partial charge in [-0.2, -0.15) is 0 Å². The fourth-order valence-corrected chi connectivity index (χ4v) is 1.36. The summed E-state index contributed by atoms with van der Waals surface area (Å²) in [7, 11) is 0. The van der Waals surface area contributed by atoms with Gasteiger partial charge in [0.25, 0.3) is 0 Å². The summed E-state index contributed by atoms with van der Waals surface area (Å²) in [5.74, 6) is 0. The predicted molar refractivity (Wildman–Crippen MR) is 84.1 cm³/mol. The largest absolute Gasteiger partial charge is 0.447 e. The molecule has 0 saturated carbocycles. The van der Waals surface area contributed by atoms with Gasteiger partial charge in [-0.05, 0) is 6.92 Å². The first-order valence-electron chi connectivity index (χ1n) is 7.58. The Kier molecular flexibility index (Phi) is 15.1. The summed E-state index contributed by atoms with van der Waals surface area (Å²) < 4.78 is 25.5. The van der Waals surface area contributed by atoms with Crippen molar-refractivity contribution in [3.63, 3.8) is 0 Å².